The Morgan fingerprint density at radius 3 is 2.66 bits per heavy atom. The van der Waals surface area contributed by atoms with E-state index in [1.165, 1.54) is 6.07 Å². The number of Topliss-reactive ketones (excluding diaryl/α,β-unsaturated/α-hetero) is 1. The fourth-order valence-corrected chi connectivity index (χ4v) is 4.63. The summed E-state index contributed by atoms with van der Waals surface area (Å²) in [6, 6.07) is 11.4. The largest absolute Gasteiger partial charge is 0.416 e. The lowest BCUT2D eigenvalue weighted by Crippen LogP contribution is -2.32. The van der Waals surface area contributed by atoms with Crippen molar-refractivity contribution in [2.24, 2.45) is 0 Å². The number of nitro groups is 1. The van der Waals surface area contributed by atoms with Crippen molar-refractivity contribution >= 4 is 28.6 Å². The number of carbonyl (C=O) groups excluding carboxylic acids is 1. The van der Waals surface area contributed by atoms with Crippen molar-refractivity contribution in [2.75, 3.05) is 12.3 Å². The van der Waals surface area contributed by atoms with Gasteiger partial charge in [-0.1, -0.05) is 42.1 Å². The average Bonchev–Trinajstić information content (AvgIpc) is 3.38. The molecule has 1 aliphatic rings. The van der Waals surface area contributed by atoms with Gasteiger partial charge in [0, 0.05) is 11.3 Å². The number of halogens is 3. The van der Waals surface area contributed by atoms with Crippen LogP contribution in [0.15, 0.2) is 53.7 Å². The number of hydrogen-bond donors (Lipinski definition) is 1. The third kappa shape index (κ3) is 4.78. The highest BCUT2D eigenvalue weighted by Gasteiger charge is 2.36. The summed E-state index contributed by atoms with van der Waals surface area (Å²) in [6.45, 7) is 0.519. The predicted molar refractivity (Wildman–Crippen MR) is 113 cm³/mol. The predicted octanol–water partition coefficient (Wildman–Crippen LogP) is 3.77. The van der Waals surface area contributed by atoms with Gasteiger partial charge in [0.2, 0.25) is 6.04 Å². The summed E-state index contributed by atoms with van der Waals surface area (Å²) in [5.74, 6) is -0.194. The number of carbonyl (C=O) groups is 1. The Labute approximate surface area is 185 Å². The summed E-state index contributed by atoms with van der Waals surface area (Å²) in [5, 5.41) is 14.2. The zero-order chi connectivity index (χ0) is 22.9. The van der Waals surface area contributed by atoms with E-state index >= 15 is 0 Å². The highest BCUT2D eigenvalue weighted by atomic mass is 32.2. The molecule has 0 saturated carbocycles. The lowest BCUT2D eigenvalue weighted by atomic mass is 10.1. The van der Waals surface area contributed by atoms with Gasteiger partial charge in [0.15, 0.2) is 10.9 Å². The number of nitrogens with zero attached hydrogens (tertiary/aromatic N) is 3. The molecule has 0 aliphatic carbocycles. The first-order valence-electron chi connectivity index (χ1n) is 9.86. The molecule has 7 nitrogen and oxygen atoms in total. The molecular weight excluding hydrogens is 445 g/mol. The minimum absolute atomic E-state index is 0.00629. The van der Waals surface area contributed by atoms with Crippen molar-refractivity contribution in [3.8, 4) is 0 Å². The highest BCUT2D eigenvalue weighted by Crippen LogP contribution is 2.33. The number of imidazole rings is 1. The number of nitrogens with one attached hydrogen (secondary N) is 1. The lowest BCUT2D eigenvalue weighted by molar-refractivity contribution is -0.517. The zero-order valence-electron chi connectivity index (χ0n) is 16.7. The Morgan fingerprint density at radius 2 is 2.00 bits per heavy atom. The topological polar surface area (TPSA) is 90.1 Å². The molecule has 2 heterocycles. The summed E-state index contributed by atoms with van der Waals surface area (Å²) in [6.07, 6.45) is -4.36. The second kappa shape index (κ2) is 8.91. The van der Waals surface area contributed by atoms with Crippen LogP contribution in [-0.4, -0.2) is 44.6 Å². The molecular formula is C21H19F3N4O3S. The van der Waals surface area contributed by atoms with Crippen molar-refractivity contribution in [1.29, 1.82) is 0 Å². The highest BCUT2D eigenvalue weighted by molar-refractivity contribution is 7.99. The second-order valence-corrected chi connectivity index (χ2v) is 8.50. The van der Waals surface area contributed by atoms with E-state index in [0.717, 1.165) is 29.5 Å². The Bertz CT molecular complexity index is 1150. The minimum atomic E-state index is -4.48. The molecule has 0 spiro atoms. The molecule has 32 heavy (non-hydrogen) atoms. The molecule has 0 bridgehead atoms. The smallest absolute Gasteiger partial charge is 0.314 e. The van der Waals surface area contributed by atoms with Gasteiger partial charge in [-0.3, -0.25) is 14.9 Å². The quantitative estimate of drug-likeness (QED) is 0.325. The summed E-state index contributed by atoms with van der Waals surface area (Å²) < 4.78 is 41.2. The van der Waals surface area contributed by atoms with E-state index in [9.17, 15) is 28.1 Å². The monoisotopic (exact) mass is 464 g/mol. The van der Waals surface area contributed by atoms with Gasteiger partial charge >= 0.3 is 6.18 Å². The fourth-order valence-electron chi connectivity index (χ4n) is 3.67. The first-order valence-corrected chi connectivity index (χ1v) is 10.8. The molecule has 4 rings (SSSR count). The van der Waals surface area contributed by atoms with Crippen molar-refractivity contribution in [3.63, 3.8) is 0 Å². The lowest BCUT2D eigenvalue weighted by Gasteiger charge is -2.11. The van der Waals surface area contributed by atoms with Gasteiger partial charge in [-0.15, -0.1) is 0 Å². The molecule has 1 aliphatic heterocycles. The molecule has 2 atom stereocenters. The molecule has 0 amide bonds. The van der Waals surface area contributed by atoms with Gasteiger partial charge in [-0.25, -0.2) is 4.98 Å². The van der Waals surface area contributed by atoms with Crippen LogP contribution in [0.1, 0.15) is 17.5 Å². The fraction of sp³-hybridized carbons (Fsp3) is 0.333. The molecule has 2 unspecified atom stereocenters. The van der Waals surface area contributed by atoms with Crippen LogP contribution < -0.4 is 5.32 Å². The van der Waals surface area contributed by atoms with Gasteiger partial charge in [0.1, 0.15) is 0 Å². The van der Waals surface area contributed by atoms with E-state index in [1.54, 1.807) is 4.57 Å². The van der Waals surface area contributed by atoms with Crippen LogP contribution in [0.2, 0.25) is 0 Å². The number of fused-ring (bicyclic) bond motifs is 1. The molecule has 2 aromatic carbocycles. The number of ketones is 1. The van der Waals surface area contributed by atoms with Crippen molar-refractivity contribution in [3.05, 3.63) is 69.8 Å². The van der Waals surface area contributed by atoms with Gasteiger partial charge in [0.25, 0.3) is 0 Å². The van der Waals surface area contributed by atoms with E-state index in [0.29, 0.717) is 17.2 Å². The normalized spacial score (nSPS) is 18.8. The molecule has 3 aromatic rings. The van der Waals surface area contributed by atoms with E-state index in [2.05, 4.69) is 10.3 Å². The van der Waals surface area contributed by atoms with E-state index < -0.39 is 28.7 Å². The van der Waals surface area contributed by atoms with Gasteiger partial charge in [-0.2, -0.15) is 13.2 Å². The average molecular weight is 464 g/mol. The van der Waals surface area contributed by atoms with Crippen molar-refractivity contribution in [1.82, 2.24) is 14.9 Å². The standard InChI is InChI=1S/C21H19F3N4O3S/c22-21(23,24)14-6-7-18-16(8-14)26-20(27(18)11-13-4-2-1-3-5-13)32-12-19(29)17-9-15(10-25-17)28(30)31/h1-8,15,17,25H,9-12H2. The third-order valence-electron chi connectivity index (χ3n) is 5.36. The summed E-state index contributed by atoms with van der Waals surface area (Å²) in [5.41, 5.74) is 0.872. The first kappa shape index (κ1) is 22.3. The molecule has 1 aromatic heterocycles. The molecule has 1 fully saturated rings. The van der Waals surface area contributed by atoms with Crippen LogP contribution in [-0.2, 0) is 17.5 Å². The van der Waals surface area contributed by atoms with Crippen LogP contribution >= 0.6 is 11.8 Å². The van der Waals surface area contributed by atoms with Crippen molar-refractivity contribution in [2.45, 2.75) is 36.4 Å². The zero-order valence-corrected chi connectivity index (χ0v) is 17.5. The maximum absolute atomic E-state index is 13.1. The molecule has 0 radical (unpaired) electrons. The number of thioether (sulfide) groups is 1. The number of hydrogen-bond acceptors (Lipinski definition) is 6. The number of aromatic nitrogens is 2. The maximum atomic E-state index is 13.1. The molecule has 168 valence electrons. The van der Waals surface area contributed by atoms with E-state index in [4.69, 9.17) is 0 Å². The maximum Gasteiger partial charge on any atom is 0.416 e. The Balaban J connectivity index is 1.59. The summed E-state index contributed by atoms with van der Waals surface area (Å²) in [4.78, 5) is 27.5. The SMILES string of the molecule is O=C(CSc1nc2cc(C(F)(F)F)ccc2n1Cc1ccccc1)C1CC([N+](=O)[O-])CN1. The third-order valence-corrected chi connectivity index (χ3v) is 6.36. The minimum Gasteiger partial charge on any atom is -0.314 e. The summed E-state index contributed by atoms with van der Waals surface area (Å²) >= 11 is 1.12. The van der Waals surface area contributed by atoms with Gasteiger partial charge in [-0.05, 0) is 23.8 Å². The van der Waals surface area contributed by atoms with Gasteiger partial charge < -0.3 is 9.88 Å². The molecule has 1 saturated heterocycles. The Morgan fingerprint density at radius 1 is 1.25 bits per heavy atom. The van der Waals surface area contributed by atoms with E-state index in [1.807, 2.05) is 30.3 Å². The van der Waals surface area contributed by atoms with Crippen LogP contribution in [0.4, 0.5) is 13.2 Å². The number of alkyl halides is 3. The van der Waals surface area contributed by atoms with Crippen LogP contribution in [0.25, 0.3) is 11.0 Å². The number of benzene rings is 2. The molecule has 11 heteroatoms. The number of rotatable bonds is 7. The van der Waals surface area contributed by atoms with Gasteiger partial charge in [0.05, 0.1) is 41.5 Å². The van der Waals surface area contributed by atoms with Crippen LogP contribution in [0.5, 0.6) is 0 Å². The van der Waals surface area contributed by atoms with Crippen LogP contribution in [0.3, 0.4) is 0 Å². The molecule has 1 N–H and O–H groups in total. The first-order chi connectivity index (χ1) is 15.2. The summed E-state index contributed by atoms with van der Waals surface area (Å²) in [7, 11) is 0. The Kier molecular flexibility index (Phi) is 6.20. The Hall–Kier alpha value is -2.92. The van der Waals surface area contributed by atoms with Crippen LogP contribution in [0, 0.1) is 10.1 Å². The van der Waals surface area contributed by atoms with Crippen molar-refractivity contribution < 1.29 is 22.9 Å². The second-order valence-electron chi connectivity index (χ2n) is 7.56. The van der Waals surface area contributed by atoms with E-state index in [-0.39, 0.29) is 30.0 Å².